The van der Waals surface area contributed by atoms with Crippen LogP contribution < -0.4 is 10.6 Å². The Balaban J connectivity index is 1.57. The normalized spacial score (nSPS) is 24.6. The summed E-state index contributed by atoms with van der Waals surface area (Å²) in [5.41, 5.74) is -1.33. The molecule has 1 aliphatic carbocycles. The van der Waals surface area contributed by atoms with Crippen LogP contribution in [0.4, 0.5) is 4.39 Å². The molecule has 0 radical (unpaired) electrons. The van der Waals surface area contributed by atoms with Gasteiger partial charge in [-0.2, -0.15) is 0 Å². The summed E-state index contributed by atoms with van der Waals surface area (Å²) in [6, 6.07) is 3.25. The van der Waals surface area contributed by atoms with E-state index >= 15 is 4.39 Å². The van der Waals surface area contributed by atoms with Gasteiger partial charge in [0.05, 0.1) is 18.8 Å². The summed E-state index contributed by atoms with van der Waals surface area (Å²) in [6.45, 7) is 5.86. The van der Waals surface area contributed by atoms with Gasteiger partial charge in [-0.25, -0.2) is 4.39 Å². The first-order valence-corrected chi connectivity index (χ1v) is 9.85. The fraction of sp³-hybridized carbons (Fsp3) is 0.476. The van der Waals surface area contributed by atoms with Gasteiger partial charge in [0, 0.05) is 37.7 Å². The van der Waals surface area contributed by atoms with E-state index in [1.165, 1.54) is 25.3 Å². The van der Waals surface area contributed by atoms with Gasteiger partial charge in [-0.15, -0.1) is 0 Å². The molecule has 2 amide bonds. The van der Waals surface area contributed by atoms with Crippen molar-refractivity contribution in [3.05, 3.63) is 54.0 Å². The average Bonchev–Trinajstić information content (AvgIpc) is 2.72. The second-order valence-corrected chi connectivity index (χ2v) is 7.36. The largest absolute Gasteiger partial charge is 0.379 e. The van der Waals surface area contributed by atoms with Crippen molar-refractivity contribution < 1.29 is 18.7 Å². The number of carbonyl (C=O) groups excluding carboxylic acids is 2. The van der Waals surface area contributed by atoms with Crippen LogP contribution in [-0.4, -0.2) is 66.8 Å². The summed E-state index contributed by atoms with van der Waals surface area (Å²) in [7, 11) is 0. The smallest absolute Gasteiger partial charge is 0.256 e. The second kappa shape index (κ2) is 9.76. The lowest BCUT2D eigenvalue weighted by Crippen LogP contribution is -2.47. The van der Waals surface area contributed by atoms with Crippen molar-refractivity contribution in [3.63, 3.8) is 0 Å². The van der Waals surface area contributed by atoms with Crippen molar-refractivity contribution in [2.24, 2.45) is 5.92 Å². The summed E-state index contributed by atoms with van der Waals surface area (Å²) < 4.78 is 20.4. The first-order chi connectivity index (χ1) is 14.0. The third kappa shape index (κ3) is 5.71. The van der Waals surface area contributed by atoms with Gasteiger partial charge < -0.3 is 15.4 Å². The van der Waals surface area contributed by atoms with E-state index in [1.54, 1.807) is 24.4 Å². The SMILES string of the molecule is CC1(F)C=CC=C(NC(=O)c2cccnc2)C1C(=O)NCCCN1CCOCC1. The molecule has 1 aromatic heterocycles. The van der Waals surface area contributed by atoms with Crippen molar-refractivity contribution in [3.8, 4) is 0 Å². The maximum absolute atomic E-state index is 15.1. The number of pyridine rings is 1. The number of aromatic nitrogens is 1. The number of hydrogen-bond acceptors (Lipinski definition) is 5. The molecule has 1 saturated heterocycles. The minimum atomic E-state index is -1.90. The van der Waals surface area contributed by atoms with Gasteiger partial charge in [0.1, 0.15) is 11.6 Å². The number of carbonyl (C=O) groups is 2. The quantitative estimate of drug-likeness (QED) is 0.675. The van der Waals surface area contributed by atoms with Crippen molar-refractivity contribution in [1.82, 2.24) is 20.5 Å². The monoisotopic (exact) mass is 402 g/mol. The van der Waals surface area contributed by atoms with Crippen LogP contribution in [0, 0.1) is 5.92 Å². The zero-order valence-electron chi connectivity index (χ0n) is 16.6. The Kier molecular flexibility index (Phi) is 7.11. The van der Waals surface area contributed by atoms with E-state index in [0.717, 1.165) is 39.3 Å². The molecule has 0 bridgehead atoms. The Labute approximate surface area is 170 Å². The molecule has 2 aliphatic rings. The fourth-order valence-corrected chi connectivity index (χ4v) is 3.49. The van der Waals surface area contributed by atoms with Crippen LogP contribution in [0.2, 0.25) is 0 Å². The molecule has 156 valence electrons. The van der Waals surface area contributed by atoms with Gasteiger partial charge in [0.15, 0.2) is 0 Å². The van der Waals surface area contributed by atoms with Crippen molar-refractivity contribution in [1.29, 1.82) is 0 Å². The lowest BCUT2D eigenvalue weighted by atomic mass is 9.83. The zero-order valence-corrected chi connectivity index (χ0v) is 16.6. The topological polar surface area (TPSA) is 83.6 Å². The van der Waals surface area contributed by atoms with Gasteiger partial charge in [-0.05, 0) is 44.2 Å². The van der Waals surface area contributed by atoms with Crippen LogP contribution in [0.3, 0.4) is 0 Å². The number of halogens is 1. The number of amides is 2. The Morgan fingerprint density at radius 1 is 1.38 bits per heavy atom. The highest BCUT2D eigenvalue weighted by atomic mass is 19.1. The van der Waals surface area contributed by atoms with Crippen molar-refractivity contribution in [2.45, 2.75) is 19.0 Å². The minimum Gasteiger partial charge on any atom is -0.379 e. The van der Waals surface area contributed by atoms with Crippen LogP contribution in [0.15, 0.2) is 48.5 Å². The molecule has 2 heterocycles. The van der Waals surface area contributed by atoms with Gasteiger partial charge in [-0.3, -0.25) is 19.5 Å². The summed E-state index contributed by atoms with van der Waals surface area (Å²) in [5.74, 6) is -2.00. The molecule has 0 spiro atoms. The minimum absolute atomic E-state index is 0.233. The maximum Gasteiger partial charge on any atom is 0.256 e. The van der Waals surface area contributed by atoms with Gasteiger partial charge in [-0.1, -0.05) is 6.08 Å². The van der Waals surface area contributed by atoms with E-state index in [9.17, 15) is 9.59 Å². The molecule has 2 unspecified atom stereocenters. The highest BCUT2D eigenvalue weighted by Crippen LogP contribution is 2.32. The number of morpholine rings is 1. The number of ether oxygens (including phenoxy) is 1. The molecule has 0 saturated carbocycles. The van der Waals surface area contributed by atoms with Gasteiger partial charge >= 0.3 is 0 Å². The van der Waals surface area contributed by atoms with Crippen LogP contribution in [-0.2, 0) is 9.53 Å². The number of nitrogens with zero attached hydrogens (tertiary/aromatic N) is 2. The lowest BCUT2D eigenvalue weighted by Gasteiger charge is -2.31. The van der Waals surface area contributed by atoms with E-state index in [4.69, 9.17) is 4.74 Å². The molecular weight excluding hydrogens is 375 g/mol. The van der Waals surface area contributed by atoms with Gasteiger partial charge in [0.2, 0.25) is 5.91 Å². The van der Waals surface area contributed by atoms with E-state index in [1.807, 2.05) is 0 Å². The zero-order chi connectivity index (χ0) is 20.7. The van der Waals surface area contributed by atoms with E-state index in [-0.39, 0.29) is 5.70 Å². The fourth-order valence-electron chi connectivity index (χ4n) is 3.49. The third-order valence-corrected chi connectivity index (χ3v) is 5.07. The molecule has 3 rings (SSSR count). The highest BCUT2D eigenvalue weighted by Gasteiger charge is 2.42. The van der Waals surface area contributed by atoms with Gasteiger partial charge in [0.25, 0.3) is 5.91 Å². The molecule has 1 fully saturated rings. The third-order valence-electron chi connectivity index (χ3n) is 5.07. The van der Waals surface area contributed by atoms with Crippen LogP contribution in [0.25, 0.3) is 0 Å². The number of rotatable bonds is 7. The summed E-state index contributed by atoms with van der Waals surface area (Å²) in [6.07, 6.45) is 8.16. The predicted octanol–water partition coefficient (Wildman–Crippen LogP) is 1.45. The molecular formula is C21H27FN4O3. The summed E-state index contributed by atoms with van der Waals surface area (Å²) >= 11 is 0. The first-order valence-electron chi connectivity index (χ1n) is 9.85. The second-order valence-electron chi connectivity index (χ2n) is 7.36. The number of nitrogens with one attached hydrogen (secondary N) is 2. The van der Waals surface area contributed by atoms with E-state index in [0.29, 0.717) is 12.1 Å². The van der Waals surface area contributed by atoms with Crippen LogP contribution in [0.1, 0.15) is 23.7 Å². The average molecular weight is 402 g/mol. The highest BCUT2D eigenvalue weighted by molar-refractivity contribution is 5.96. The Bertz CT molecular complexity index is 773. The summed E-state index contributed by atoms with van der Waals surface area (Å²) in [4.78, 5) is 31.4. The predicted molar refractivity (Wildman–Crippen MR) is 107 cm³/mol. The van der Waals surface area contributed by atoms with Crippen molar-refractivity contribution >= 4 is 11.8 Å². The van der Waals surface area contributed by atoms with E-state index < -0.39 is 23.4 Å². The molecule has 0 aromatic carbocycles. The van der Waals surface area contributed by atoms with Crippen LogP contribution in [0.5, 0.6) is 0 Å². The molecule has 1 aromatic rings. The first kappa shape index (κ1) is 21.1. The lowest BCUT2D eigenvalue weighted by molar-refractivity contribution is -0.127. The number of hydrogen-bond donors (Lipinski definition) is 2. The maximum atomic E-state index is 15.1. The number of allylic oxidation sites excluding steroid dienone is 3. The molecule has 1 aliphatic heterocycles. The number of alkyl halides is 1. The van der Waals surface area contributed by atoms with Crippen LogP contribution >= 0.6 is 0 Å². The molecule has 29 heavy (non-hydrogen) atoms. The Morgan fingerprint density at radius 3 is 2.90 bits per heavy atom. The Morgan fingerprint density at radius 2 is 2.17 bits per heavy atom. The standard InChI is InChI=1S/C21H27FN4O3/c1-21(22)7-2-6-17(25-19(27)16-5-3-8-23-15-16)18(21)20(28)24-9-4-10-26-11-13-29-14-12-26/h2-3,5-8,15,18H,4,9-14H2,1H3,(H,24,28)(H,25,27). The van der Waals surface area contributed by atoms with E-state index in [2.05, 4.69) is 20.5 Å². The summed E-state index contributed by atoms with van der Waals surface area (Å²) in [5, 5.41) is 5.49. The molecule has 7 nitrogen and oxygen atoms in total. The van der Waals surface area contributed by atoms with Crippen molar-refractivity contribution in [2.75, 3.05) is 39.4 Å². The molecule has 2 N–H and O–H groups in total. The Hall–Kier alpha value is -2.58. The molecule has 8 heteroatoms. The molecule has 2 atom stereocenters.